The van der Waals surface area contributed by atoms with Gasteiger partial charge in [-0.05, 0) is 109 Å². The van der Waals surface area contributed by atoms with E-state index in [2.05, 4.69) is 148 Å². The van der Waals surface area contributed by atoms with Crippen molar-refractivity contribution in [3.63, 3.8) is 0 Å². The predicted octanol–water partition coefficient (Wildman–Crippen LogP) is 19.7. The number of esters is 2. The van der Waals surface area contributed by atoms with Crippen LogP contribution in [0, 0.1) is 0 Å². The van der Waals surface area contributed by atoms with Gasteiger partial charge in [0.1, 0.15) is 19.8 Å². The van der Waals surface area contributed by atoms with E-state index in [0.29, 0.717) is 23.9 Å². The van der Waals surface area contributed by atoms with Gasteiger partial charge in [0.2, 0.25) is 0 Å². The van der Waals surface area contributed by atoms with Crippen LogP contribution in [0.3, 0.4) is 0 Å². The monoisotopic (exact) mass is 1100 g/mol. The molecule has 0 rings (SSSR count). The third-order valence-electron chi connectivity index (χ3n) is 12.7. The van der Waals surface area contributed by atoms with E-state index >= 15 is 0 Å². The maximum absolute atomic E-state index is 12.8. The quantitative estimate of drug-likeness (QED) is 0.0211. The largest absolute Gasteiger partial charge is 0.472 e. The van der Waals surface area contributed by atoms with Crippen molar-refractivity contribution in [2.45, 2.75) is 238 Å². The number of nitrogens with zero attached hydrogens (tertiary/aromatic N) is 1. The van der Waals surface area contributed by atoms with Gasteiger partial charge < -0.3 is 18.9 Å². The van der Waals surface area contributed by atoms with Gasteiger partial charge in [0.05, 0.1) is 27.7 Å². The zero-order valence-electron chi connectivity index (χ0n) is 50.3. The van der Waals surface area contributed by atoms with E-state index < -0.39 is 32.5 Å². The van der Waals surface area contributed by atoms with Crippen molar-refractivity contribution in [2.24, 2.45) is 0 Å². The summed E-state index contributed by atoms with van der Waals surface area (Å²) in [5, 5.41) is 0. The summed E-state index contributed by atoms with van der Waals surface area (Å²) in [6.07, 6.45) is 83.9. The zero-order chi connectivity index (χ0) is 57.0. The maximum atomic E-state index is 12.8. The summed E-state index contributed by atoms with van der Waals surface area (Å²) < 4.78 is 34.6. The second-order valence-electron chi connectivity index (χ2n) is 21.3. The van der Waals surface area contributed by atoms with Gasteiger partial charge in [0.25, 0.3) is 0 Å². The fourth-order valence-corrected chi connectivity index (χ4v) is 8.73. The fraction of sp³-hybridized carbons (Fsp3) is 0.647. The van der Waals surface area contributed by atoms with Gasteiger partial charge >= 0.3 is 19.8 Å². The molecule has 444 valence electrons. The molecule has 0 aromatic rings. The molecule has 0 aromatic heterocycles. The van der Waals surface area contributed by atoms with E-state index in [1.807, 2.05) is 21.1 Å². The molecule has 2 unspecified atom stereocenters. The molecule has 0 aliphatic carbocycles. The first-order valence-corrected chi connectivity index (χ1v) is 32.4. The lowest BCUT2D eigenvalue weighted by Crippen LogP contribution is -2.37. The fourth-order valence-electron chi connectivity index (χ4n) is 7.99. The van der Waals surface area contributed by atoms with Gasteiger partial charge in [-0.25, -0.2) is 4.57 Å². The highest BCUT2D eigenvalue weighted by Gasteiger charge is 2.27. The first kappa shape index (κ1) is 74.2. The minimum atomic E-state index is -4.40. The Labute approximate surface area is 479 Å². The number of allylic oxidation sites excluding steroid dienone is 22. The van der Waals surface area contributed by atoms with Crippen LogP contribution in [0.4, 0.5) is 0 Å². The van der Waals surface area contributed by atoms with Crippen LogP contribution >= 0.6 is 7.82 Å². The Kier molecular flexibility index (Phi) is 55.0. The van der Waals surface area contributed by atoms with Crippen LogP contribution in [0.1, 0.15) is 232 Å². The van der Waals surface area contributed by atoms with Crippen LogP contribution in [0.25, 0.3) is 0 Å². The first-order chi connectivity index (χ1) is 38.0. The minimum absolute atomic E-state index is 0.0201. The molecule has 10 heteroatoms. The van der Waals surface area contributed by atoms with Crippen LogP contribution in [0.2, 0.25) is 0 Å². The topological polar surface area (TPSA) is 108 Å². The number of carbonyl (C=O) groups is 2. The Morgan fingerprint density at radius 3 is 1.04 bits per heavy atom. The van der Waals surface area contributed by atoms with Gasteiger partial charge in [-0.3, -0.25) is 18.6 Å². The third kappa shape index (κ3) is 61.4. The summed E-state index contributed by atoms with van der Waals surface area (Å²) in [6.45, 7) is 4.16. The Bertz CT molecular complexity index is 1780. The number of ether oxygens (including phenoxy) is 2. The Hall–Kier alpha value is -3.85. The molecule has 0 heterocycles. The van der Waals surface area contributed by atoms with E-state index in [0.717, 1.165) is 109 Å². The lowest BCUT2D eigenvalue weighted by Gasteiger charge is -2.24. The molecule has 0 radical (unpaired) electrons. The molecule has 0 fully saturated rings. The average molecular weight is 1110 g/mol. The molecular formula is C68H115NO8P+. The summed E-state index contributed by atoms with van der Waals surface area (Å²) in [7, 11) is 1.44. The van der Waals surface area contributed by atoms with Crippen LogP contribution < -0.4 is 0 Å². The number of hydrogen-bond donors (Lipinski definition) is 1. The van der Waals surface area contributed by atoms with Gasteiger partial charge in [-0.15, -0.1) is 0 Å². The SMILES string of the molecule is CC/C=C\C/C=C\C/C=C\C/C=C\C/C=C\C/C=C\CCCCCCCCCCCCCCCCCCC(=O)OC(COC(=O)CCCCC/C=C\C/C=C\C/C=C\C/C=C\C/C=C\CC)COP(=O)(O)OCC[N+](C)(C)C. The highest BCUT2D eigenvalue weighted by Crippen LogP contribution is 2.43. The standard InChI is InChI=1S/C68H114NO8P/c1-6-8-10-12-14-16-18-20-22-24-26-27-28-29-30-31-32-33-34-35-36-37-38-39-40-41-43-45-47-49-51-53-55-57-59-61-68(71)77-66(65-76-78(72,73)75-63-62-69(3,4)5)64-74-67(70)60-58-56-54-52-50-48-46-44-42-25-23-21-19-17-15-13-11-9-7-2/h8-11,14-17,20-23,26-27,29-30,32-33,42,44,48,50,66H,6-7,12-13,18-19,24-25,28,31,34-41,43,45-47,49,51-65H2,1-5H3/p+1/b10-8-,11-9-,16-14-,17-15-,22-20-,23-21-,27-26-,30-29-,33-32-,44-42-,50-48-. The molecule has 0 saturated carbocycles. The second-order valence-corrected chi connectivity index (χ2v) is 22.8. The van der Waals surface area contributed by atoms with E-state index in [4.69, 9.17) is 18.5 Å². The van der Waals surface area contributed by atoms with Crippen molar-refractivity contribution in [3.8, 4) is 0 Å². The number of quaternary nitrogens is 1. The van der Waals surface area contributed by atoms with Crippen LogP contribution in [0.15, 0.2) is 134 Å². The number of unbranched alkanes of at least 4 members (excludes halogenated alkanes) is 19. The number of carbonyl (C=O) groups excluding carboxylic acids is 2. The summed E-state index contributed by atoms with van der Waals surface area (Å²) in [4.78, 5) is 35.7. The molecule has 0 aliphatic rings. The molecule has 2 atom stereocenters. The van der Waals surface area contributed by atoms with Gasteiger partial charge in [0.15, 0.2) is 6.10 Å². The molecule has 78 heavy (non-hydrogen) atoms. The van der Waals surface area contributed by atoms with E-state index in [1.54, 1.807) is 0 Å². The molecule has 0 aliphatic heterocycles. The molecule has 0 aromatic carbocycles. The second kappa shape index (κ2) is 57.8. The minimum Gasteiger partial charge on any atom is -0.462 e. The summed E-state index contributed by atoms with van der Waals surface area (Å²) in [5.41, 5.74) is 0. The average Bonchev–Trinajstić information content (AvgIpc) is 3.41. The molecule has 0 spiro atoms. The highest BCUT2D eigenvalue weighted by atomic mass is 31.2. The molecule has 9 nitrogen and oxygen atoms in total. The van der Waals surface area contributed by atoms with Crippen molar-refractivity contribution in [3.05, 3.63) is 134 Å². The Balaban J connectivity index is 4.12. The number of likely N-dealkylation sites (N-methyl/N-ethyl adjacent to an activating group) is 1. The van der Waals surface area contributed by atoms with Crippen molar-refractivity contribution in [1.29, 1.82) is 0 Å². The van der Waals surface area contributed by atoms with E-state index in [9.17, 15) is 19.0 Å². The molecule has 1 N–H and O–H groups in total. The molecule has 0 bridgehead atoms. The number of hydrogen-bond acceptors (Lipinski definition) is 7. The number of phosphoric acid groups is 1. The van der Waals surface area contributed by atoms with E-state index in [1.165, 1.54) is 83.5 Å². The third-order valence-corrected chi connectivity index (χ3v) is 13.7. The van der Waals surface area contributed by atoms with Crippen LogP contribution in [-0.4, -0.2) is 74.9 Å². The van der Waals surface area contributed by atoms with Crippen molar-refractivity contribution in [1.82, 2.24) is 0 Å². The first-order valence-electron chi connectivity index (χ1n) is 30.9. The lowest BCUT2D eigenvalue weighted by atomic mass is 10.0. The van der Waals surface area contributed by atoms with Crippen molar-refractivity contribution in [2.75, 3.05) is 47.5 Å². The number of phosphoric ester groups is 1. The molecule has 0 saturated heterocycles. The molecular weight excluding hydrogens is 990 g/mol. The van der Waals surface area contributed by atoms with Crippen molar-refractivity contribution >= 4 is 19.8 Å². The predicted molar refractivity (Wildman–Crippen MR) is 334 cm³/mol. The maximum Gasteiger partial charge on any atom is 0.472 e. The smallest absolute Gasteiger partial charge is 0.462 e. The Morgan fingerprint density at radius 1 is 0.397 bits per heavy atom. The van der Waals surface area contributed by atoms with Crippen molar-refractivity contribution < 1.29 is 42.1 Å². The van der Waals surface area contributed by atoms with Crippen LogP contribution in [-0.2, 0) is 32.7 Å². The zero-order valence-corrected chi connectivity index (χ0v) is 51.2. The lowest BCUT2D eigenvalue weighted by molar-refractivity contribution is -0.870. The van der Waals surface area contributed by atoms with E-state index in [-0.39, 0.29) is 26.1 Å². The van der Waals surface area contributed by atoms with Gasteiger partial charge in [-0.1, -0.05) is 244 Å². The number of rotatable bonds is 55. The molecule has 0 amide bonds. The van der Waals surface area contributed by atoms with Crippen LogP contribution in [0.5, 0.6) is 0 Å². The summed E-state index contributed by atoms with van der Waals surface area (Å²) >= 11 is 0. The summed E-state index contributed by atoms with van der Waals surface area (Å²) in [6, 6.07) is 0. The summed E-state index contributed by atoms with van der Waals surface area (Å²) in [5.74, 6) is -0.840. The highest BCUT2D eigenvalue weighted by molar-refractivity contribution is 7.47. The van der Waals surface area contributed by atoms with Gasteiger partial charge in [-0.2, -0.15) is 0 Å². The Morgan fingerprint density at radius 2 is 0.692 bits per heavy atom. The normalized spacial score (nSPS) is 14.2. The van der Waals surface area contributed by atoms with Gasteiger partial charge in [0, 0.05) is 12.8 Å².